The summed E-state index contributed by atoms with van der Waals surface area (Å²) in [5, 5.41) is 0.421. The van der Waals surface area contributed by atoms with Crippen molar-refractivity contribution in [2.45, 2.75) is 18.9 Å². The highest BCUT2D eigenvalue weighted by molar-refractivity contribution is 9.10. The van der Waals surface area contributed by atoms with Gasteiger partial charge in [-0.25, -0.2) is 9.97 Å². The number of rotatable bonds is 1. The van der Waals surface area contributed by atoms with Crippen molar-refractivity contribution in [1.82, 2.24) is 14.9 Å². The van der Waals surface area contributed by atoms with Gasteiger partial charge in [-0.1, -0.05) is 11.6 Å². The maximum atomic E-state index is 11.6. The second-order valence-corrected chi connectivity index (χ2v) is 5.68. The number of halogens is 2. The highest BCUT2D eigenvalue weighted by Crippen LogP contribution is 2.32. The van der Waals surface area contributed by atoms with E-state index in [9.17, 15) is 4.79 Å². The number of carbonyl (C=O) groups excluding carboxylic acids is 1. The van der Waals surface area contributed by atoms with Crippen LogP contribution in [0.1, 0.15) is 12.8 Å². The minimum Gasteiger partial charge on any atom is -0.352 e. The van der Waals surface area contributed by atoms with E-state index in [4.69, 9.17) is 11.6 Å². The molecular formula is C11H12BrClN4O. The van der Waals surface area contributed by atoms with Crippen LogP contribution >= 0.6 is 27.5 Å². The Bertz CT molecular complexity index is 498. The maximum absolute atomic E-state index is 11.6. The van der Waals surface area contributed by atoms with E-state index in [1.807, 2.05) is 4.90 Å². The molecule has 7 heteroatoms. The quantitative estimate of drug-likeness (QED) is 0.735. The van der Waals surface area contributed by atoms with Crippen molar-refractivity contribution in [2.75, 3.05) is 24.5 Å². The summed E-state index contributed by atoms with van der Waals surface area (Å²) in [6.07, 6.45) is 3.07. The van der Waals surface area contributed by atoms with Gasteiger partial charge in [0.25, 0.3) is 0 Å². The summed E-state index contributed by atoms with van der Waals surface area (Å²) in [5.41, 5.74) is 0. The molecule has 0 bridgehead atoms. The average molecular weight is 332 g/mol. The number of fused-ring (bicyclic) bond motifs is 1. The molecule has 1 aromatic rings. The van der Waals surface area contributed by atoms with E-state index >= 15 is 0 Å². The molecular weight excluding hydrogens is 320 g/mol. The number of hydrogen-bond acceptors (Lipinski definition) is 4. The van der Waals surface area contributed by atoms with Crippen LogP contribution in [0.15, 0.2) is 10.8 Å². The zero-order valence-corrected chi connectivity index (χ0v) is 12.0. The third-order valence-electron chi connectivity index (χ3n) is 3.52. The van der Waals surface area contributed by atoms with Gasteiger partial charge in [-0.2, -0.15) is 0 Å². The fourth-order valence-electron chi connectivity index (χ4n) is 2.62. The number of hydrogen-bond donors (Lipinski definition) is 0. The van der Waals surface area contributed by atoms with Gasteiger partial charge < -0.3 is 9.80 Å². The Morgan fingerprint density at radius 2 is 2.22 bits per heavy atom. The fourth-order valence-corrected chi connectivity index (χ4v) is 3.20. The fraction of sp³-hybridized carbons (Fsp3) is 0.545. The lowest BCUT2D eigenvalue weighted by atomic mass is 10.1. The highest BCUT2D eigenvalue weighted by Gasteiger charge is 2.36. The van der Waals surface area contributed by atoms with Crippen LogP contribution in [0.3, 0.4) is 0 Å². The van der Waals surface area contributed by atoms with Gasteiger partial charge in [-0.3, -0.25) is 4.79 Å². The second kappa shape index (κ2) is 4.66. The topological polar surface area (TPSA) is 49.3 Å². The van der Waals surface area contributed by atoms with Crippen molar-refractivity contribution in [1.29, 1.82) is 0 Å². The molecule has 0 radical (unpaired) electrons. The van der Waals surface area contributed by atoms with Crippen LogP contribution in [0.5, 0.6) is 0 Å². The Labute approximate surface area is 118 Å². The van der Waals surface area contributed by atoms with Gasteiger partial charge >= 0.3 is 0 Å². The number of nitrogens with zero attached hydrogens (tertiary/aromatic N) is 4. The van der Waals surface area contributed by atoms with Crippen LogP contribution in [-0.2, 0) is 4.79 Å². The first-order valence-corrected chi connectivity index (χ1v) is 7.04. The number of aromatic nitrogens is 2. The van der Waals surface area contributed by atoms with Gasteiger partial charge in [0.1, 0.15) is 17.3 Å². The van der Waals surface area contributed by atoms with E-state index in [1.54, 1.807) is 0 Å². The van der Waals surface area contributed by atoms with E-state index < -0.39 is 0 Å². The first-order chi connectivity index (χ1) is 8.66. The van der Waals surface area contributed by atoms with Crippen LogP contribution in [0.4, 0.5) is 5.82 Å². The second-order valence-electron chi connectivity index (χ2n) is 4.53. The zero-order valence-electron chi connectivity index (χ0n) is 9.64. The van der Waals surface area contributed by atoms with Crippen molar-refractivity contribution in [3.8, 4) is 0 Å². The summed E-state index contributed by atoms with van der Waals surface area (Å²) in [7, 11) is 0. The van der Waals surface area contributed by atoms with E-state index in [2.05, 4.69) is 30.8 Å². The number of anilines is 1. The van der Waals surface area contributed by atoms with Crippen LogP contribution in [-0.4, -0.2) is 46.5 Å². The third kappa shape index (κ3) is 1.97. The predicted octanol–water partition coefficient (Wildman–Crippen LogP) is 1.70. The van der Waals surface area contributed by atoms with Crippen molar-refractivity contribution < 1.29 is 4.79 Å². The van der Waals surface area contributed by atoms with Crippen LogP contribution in [0.2, 0.25) is 5.15 Å². The Kier molecular flexibility index (Phi) is 3.15. The monoisotopic (exact) mass is 330 g/mol. The highest BCUT2D eigenvalue weighted by atomic mass is 79.9. The van der Waals surface area contributed by atoms with E-state index in [0.717, 1.165) is 36.3 Å². The van der Waals surface area contributed by atoms with Gasteiger partial charge in [0, 0.05) is 32.1 Å². The lowest BCUT2D eigenvalue weighted by Gasteiger charge is -2.38. The van der Waals surface area contributed by atoms with Gasteiger partial charge in [-0.05, 0) is 22.4 Å². The molecule has 2 fully saturated rings. The smallest absolute Gasteiger partial charge is 0.223 e. The summed E-state index contributed by atoms with van der Waals surface area (Å²) in [5.74, 6) is 1.09. The Balaban J connectivity index is 1.83. The predicted molar refractivity (Wildman–Crippen MR) is 71.7 cm³/mol. The molecule has 1 atom stereocenters. The molecule has 0 aliphatic carbocycles. The lowest BCUT2D eigenvalue weighted by Crippen LogP contribution is -2.51. The SMILES string of the molecule is O=C1CCC2CN(c3ncnc(Cl)c3Br)CCN12. The average Bonchev–Trinajstić information content (AvgIpc) is 2.74. The molecule has 2 saturated heterocycles. The summed E-state index contributed by atoms with van der Waals surface area (Å²) >= 11 is 9.40. The molecule has 96 valence electrons. The molecule has 2 aliphatic heterocycles. The minimum atomic E-state index is 0.277. The molecule has 1 amide bonds. The minimum absolute atomic E-state index is 0.277. The molecule has 1 unspecified atom stereocenters. The molecule has 3 rings (SSSR count). The first kappa shape index (κ1) is 12.2. The molecule has 5 nitrogen and oxygen atoms in total. The number of amides is 1. The summed E-state index contributed by atoms with van der Waals surface area (Å²) in [4.78, 5) is 24.0. The summed E-state index contributed by atoms with van der Waals surface area (Å²) < 4.78 is 0.726. The van der Waals surface area contributed by atoms with E-state index in [1.165, 1.54) is 6.33 Å². The first-order valence-electron chi connectivity index (χ1n) is 5.87. The molecule has 2 aliphatic rings. The van der Waals surface area contributed by atoms with Crippen LogP contribution < -0.4 is 4.90 Å². The van der Waals surface area contributed by atoms with E-state index in [0.29, 0.717) is 17.6 Å². The van der Waals surface area contributed by atoms with Crippen LogP contribution in [0, 0.1) is 0 Å². The van der Waals surface area contributed by atoms with Crippen molar-refractivity contribution >= 4 is 39.3 Å². The van der Waals surface area contributed by atoms with Crippen molar-refractivity contribution in [3.05, 3.63) is 16.0 Å². The van der Waals surface area contributed by atoms with Crippen molar-refractivity contribution in [3.63, 3.8) is 0 Å². The molecule has 0 saturated carbocycles. The molecule has 0 spiro atoms. The Morgan fingerprint density at radius 1 is 1.39 bits per heavy atom. The molecule has 0 N–H and O–H groups in total. The molecule has 0 aromatic carbocycles. The van der Waals surface area contributed by atoms with Crippen LogP contribution in [0.25, 0.3) is 0 Å². The van der Waals surface area contributed by atoms with Gasteiger partial charge in [-0.15, -0.1) is 0 Å². The standard InChI is InChI=1S/C11H12BrClN4O/c12-9-10(13)14-6-15-11(9)16-3-4-17-7(5-16)1-2-8(17)18/h6-7H,1-5H2. The zero-order chi connectivity index (χ0) is 12.7. The summed E-state index contributed by atoms with van der Waals surface area (Å²) in [6.45, 7) is 2.36. The number of piperazine rings is 1. The normalized spacial score (nSPS) is 23.4. The summed E-state index contributed by atoms with van der Waals surface area (Å²) in [6, 6.07) is 0.312. The van der Waals surface area contributed by atoms with Gasteiger partial charge in [0.2, 0.25) is 5.91 Å². The number of carbonyl (C=O) groups is 1. The lowest BCUT2D eigenvalue weighted by molar-refractivity contribution is -0.129. The Morgan fingerprint density at radius 3 is 3.06 bits per heavy atom. The van der Waals surface area contributed by atoms with E-state index in [-0.39, 0.29) is 5.91 Å². The Hall–Kier alpha value is -0.880. The van der Waals surface area contributed by atoms with Gasteiger partial charge in [0.15, 0.2) is 0 Å². The largest absolute Gasteiger partial charge is 0.352 e. The maximum Gasteiger partial charge on any atom is 0.223 e. The molecule has 18 heavy (non-hydrogen) atoms. The molecule has 3 heterocycles. The van der Waals surface area contributed by atoms with Gasteiger partial charge in [0.05, 0.1) is 4.47 Å². The third-order valence-corrected chi connectivity index (χ3v) is 4.77. The molecule has 1 aromatic heterocycles. The van der Waals surface area contributed by atoms with Crippen molar-refractivity contribution in [2.24, 2.45) is 0 Å².